The molecule has 2 rings (SSSR count). The Bertz CT molecular complexity index is 522. The van der Waals surface area contributed by atoms with E-state index in [1.54, 1.807) is 0 Å². The van der Waals surface area contributed by atoms with Crippen molar-refractivity contribution in [1.82, 2.24) is 10.2 Å². The summed E-state index contributed by atoms with van der Waals surface area (Å²) in [5, 5.41) is 21.9. The molecule has 1 unspecified atom stereocenters. The molecule has 0 fully saturated rings. The van der Waals surface area contributed by atoms with Gasteiger partial charge in [-0.3, -0.25) is 0 Å². The predicted octanol–water partition coefficient (Wildman–Crippen LogP) is 2.64. The van der Waals surface area contributed by atoms with Crippen molar-refractivity contribution in [3.63, 3.8) is 0 Å². The molecule has 0 radical (unpaired) electrons. The van der Waals surface area contributed by atoms with Gasteiger partial charge in [-0.1, -0.05) is 53.4 Å². The molecule has 2 aromatic rings. The van der Waals surface area contributed by atoms with Gasteiger partial charge < -0.3 is 15.2 Å². The summed E-state index contributed by atoms with van der Waals surface area (Å²) in [5.74, 6) is 0.551. The van der Waals surface area contributed by atoms with Crippen LogP contribution in [0.2, 0.25) is 0 Å². The molecule has 0 aliphatic carbocycles. The van der Waals surface area contributed by atoms with Gasteiger partial charge in [-0.2, -0.15) is 0 Å². The van der Waals surface area contributed by atoms with Crippen LogP contribution in [-0.4, -0.2) is 40.3 Å². The molecule has 2 N–H and O–H groups in total. The Morgan fingerprint density at radius 2 is 2.14 bits per heavy atom. The minimum Gasteiger partial charge on any atom is -0.390 e. The highest BCUT2D eigenvalue weighted by molar-refractivity contribution is 8.01. The number of rotatable bonds is 9. The average molecular weight is 325 g/mol. The van der Waals surface area contributed by atoms with Crippen LogP contribution in [0.15, 0.2) is 34.7 Å². The molecule has 0 amide bonds. The van der Waals surface area contributed by atoms with E-state index in [0.717, 1.165) is 21.6 Å². The lowest BCUT2D eigenvalue weighted by molar-refractivity contribution is 0.0398. The van der Waals surface area contributed by atoms with E-state index in [4.69, 9.17) is 4.74 Å². The molecule has 21 heavy (non-hydrogen) atoms. The summed E-state index contributed by atoms with van der Waals surface area (Å²) in [6, 6.07) is 9.93. The summed E-state index contributed by atoms with van der Waals surface area (Å²) in [6.07, 6.45) is -0.509. The minimum absolute atomic E-state index is 0.320. The maximum absolute atomic E-state index is 9.89. The lowest BCUT2D eigenvalue weighted by atomic mass is 10.2. The first kappa shape index (κ1) is 16.2. The first-order chi connectivity index (χ1) is 10.3. The highest BCUT2D eigenvalue weighted by atomic mass is 32.2. The monoisotopic (exact) mass is 325 g/mol. The quantitative estimate of drug-likeness (QED) is 0.691. The molecule has 1 aromatic carbocycles. The standard InChI is InChI=1S/C14H19N3O2S2/c1-2-15-13-16-17-14(21-13)20-10-12(18)9-19-8-11-6-4-3-5-7-11/h3-7,12,18H,2,8-10H2,1H3,(H,15,16). The molecule has 7 heteroatoms. The van der Waals surface area contributed by atoms with Crippen molar-refractivity contribution in [1.29, 1.82) is 0 Å². The maximum Gasteiger partial charge on any atom is 0.206 e. The van der Waals surface area contributed by atoms with Gasteiger partial charge >= 0.3 is 0 Å². The summed E-state index contributed by atoms with van der Waals surface area (Å²) in [6.45, 7) is 3.68. The molecular weight excluding hydrogens is 306 g/mol. The Morgan fingerprint density at radius 1 is 1.33 bits per heavy atom. The van der Waals surface area contributed by atoms with Crippen LogP contribution >= 0.6 is 23.1 Å². The third-order valence-corrected chi connectivity index (χ3v) is 4.71. The van der Waals surface area contributed by atoms with Crippen molar-refractivity contribution in [3.05, 3.63) is 35.9 Å². The molecule has 1 atom stereocenters. The van der Waals surface area contributed by atoms with Gasteiger partial charge in [-0.05, 0) is 12.5 Å². The zero-order valence-electron chi connectivity index (χ0n) is 11.9. The Kier molecular flexibility index (Phi) is 6.94. The van der Waals surface area contributed by atoms with Gasteiger partial charge in [0.2, 0.25) is 5.13 Å². The second-order valence-electron chi connectivity index (χ2n) is 4.37. The van der Waals surface area contributed by atoms with E-state index in [2.05, 4.69) is 15.5 Å². The number of aliphatic hydroxyl groups excluding tert-OH is 1. The molecule has 0 saturated carbocycles. The van der Waals surface area contributed by atoms with Crippen molar-refractivity contribution < 1.29 is 9.84 Å². The van der Waals surface area contributed by atoms with Crippen LogP contribution in [0, 0.1) is 0 Å². The fraction of sp³-hybridized carbons (Fsp3) is 0.429. The molecule has 0 spiro atoms. The highest BCUT2D eigenvalue weighted by Crippen LogP contribution is 2.25. The zero-order chi connectivity index (χ0) is 14.9. The van der Waals surface area contributed by atoms with E-state index < -0.39 is 6.10 Å². The van der Waals surface area contributed by atoms with Crippen LogP contribution in [0.1, 0.15) is 12.5 Å². The van der Waals surface area contributed by atoms with Crippen LogP contribution in [0.4, 0.5) is 5.13 Å². The Hall–Kier alpha value is -1.15. The summed E-state index contributed by atoms with van der Waals surface area (Å²) < 4.78 is 6.36. The summed E-state index contributed by atoms with van der Waals surface area (Å²) >= 11 is 2.99. The Balaban J connectivity index is 1.63. The number of nitrogens with one attached hydrogen (secondary N) is 1. The molecule has 0 aliphatic heterocycles. The smallest absolute Gasteiger partial charge is 0.206 e. The number of hydrogen-bond acceptors (Lipinski definition) is 7. The number of benzene rings is 1. The topological polar surface area (TPSA) is 67.3 Å². The molecular formula is C14H19N3O2S2. The summed E-state index contributed by atoms with van der Waals surface area (Å²) in [4.78, 5) is 0. The number of thioether (sulfide) groups is 1. The SMILES string of the molecule is CCNc1nnc(SCC(O)COCc2ccccc2)s1. The van der Waals surface area contributed by atoms with Crippen LogP contribution in [0.5, 0.6) is 0 Å². The number of hydrogen-bond donors (Lipinski definition) is 2. The lowest BCUT2D eigenvalue weighted by Gasteiger charge is -2.10. The Labute approximate surface area is 132 Å². The van der Waals surface area contributed by atoms with Gasteiger partial charge in [-0.25, -0.2) is 0 Å². The summed E-state index contributed by atoms with van der Waals surface area (Å²) in [5.41, 5.74) is 1.11. The molecule has 1 heterocycles. The number of ether oxygens (including phenoxy) is 1. The fourth-order valence-electron chi connectivity index (χ4n) is 1.59. The Morgan fingerprint density at radius 3 is 2.90 bits per heavy atom. The van der Waals surface area contributed by atoms with Gasteiger partial charge in [0, 0.05) is 12.3 Å². The van der Waals surface area contributed by atoms with Crippen LogP contribution in [0.25, 0.3) is 0 Å². The number of nitrogens with zero attached hydrogens (tertiary/aromatic N) is 2. The van der Waals surface area contributed by atoms with Crippen molar-refractivity contribution in [2.45, 2.75) is 24.0 Å². The molecule has 1 aromatic heterocycles. The van der Waals surface area contributed by atoms with Gasteiger partial charge in [0.05, 0.1) is 19.3 Å². The molecule has 5 nitrogen and oxygen atoms in total. The van der Waals surface area contributed by atoms with Gasteiger partial charge in [0.15, 0.2) is 4.34 Å². The van der Waals surface area contributed by atoms with Crippen molar-refractivity contribution >= 4 is 28.2 Å². The van der Waals surface area contributed by atoms with Crippen molar-refractivity contribution in [3.8, 4) is 0 Å². The second kappa shape index (κ2) is 8.99. The lowest BCUT2D eigenvalue weighted by Crippen LogP contribution is -2.17. The van der Waals surface area contributed by atoms with Crippen LogP contribution in [0.3, 0.4) is 0 Å². The summed E-state index contributed by atoms with van der Waals surface area (Å²) in [7, 11) is 0. The van der Waals surface area contributed by atoms with Crippen molar-refractivity contribution in [2.24, 2.45) is 0 Å². The first-order valence-electron chi connectivity index (χ1n) is 6.78. The van der Waals surface area contributed by atoms with E-state index in [9.17, 15) is 5.11 Å². The fourth-order valence-corrected chi connectivity index (χ4v) is 3.34. The normalized spacial score (nSPS) is 12.3. The third-order valence-electron chi connectivity index (χ3n) is 2.56. The number of anilines is 1. The molecule has 0 bridgehead atoms. The van der Waals surface area contributed by atoms with Crippen LogP contribution < -0.4 is 5.32 Å². The molecule has 0 aliphatic rings. The minimum atomic E-state index is -0.509. The van der Waals surface area contributed by atoms with E-state index in [1.807, 2.05) is 37.3 Å². The maximum atomic E-state index is 9.89. The predicted molar refractivity (Wildman–Crippen MR) is 86.9 cm³/mol. The average Bonchev–Trinajstić information content (AvgIpc) is 2.94. The van der Waals surface area contributed by atoms with Crippen LogP contribution in [-0.2, 0) is 11.3 Å². The number of aromatic nitrogens is 2. The van der Waals surface area contributed by atoms with E-state index in [-0.39, 0.29) is 0 Å². The molecule has 114 valence electrons. The van der Waals surface area contributed by atoms with E-state index in [1.165, 1.54) is 23.1 Å². The van der Waals surface area contributed by atoms with E-state index >= 15 is 0 Å². The van der Waals surface area contributed by atoms with Gasteiger partial charge in [0.25, 0.3) is 0 Å². The van der Waals surface area contributed by atoms with Crippen molar-refractivity contribution in [2.75, 3.05) is 24.2 Å². The van der Waals surface area contributed by atoms with Gasteiger partial charge in [0.1, 0.15) is 0 Å². The highest BCUT2D eigenvalue weighted by Gasteiger charge is 2.09. The molecule has 0 saturated heterocycles. The third kappa shape index (κ3) is 6.01. The first-order valence-corrected chi connectivity index (χ1v) is 8.58. The van der Waals surface area contributed by atoms with E-state index in [0.29, 0.717) is 19.0 Å². The second-order valence-corrected chi connectivity index (χ2v) is 6.61. The zero-order valence-corrected chi connectivity index (χ0v) is 13.5. The number of aliphatic hydroxyl groups is 1. The van der Waals surface area contributed by atoms with Gasteiger partial charge in [-0.15, -0.1) is 10.2 Å². The largest absolute Gasteiger partial charge is 0.390 e.